The fourth-order valence-electron chi connectivity index (χ4n) is 4.42. The smallest absolute Gasteiger partial charge is 0.250 e. The third-order valence-electron chi connectivity index (χ3n) is 6.50. The molecule has 38 heavy (non-hydrogen) atoms. The molecule has 9 heteroatoms. The van der Waals surface area contributed by atoms with Gasteiger partial charge < -0.3 is 15.3 Å². The zero-order chi connectivity index (χ0) is 25.5. The van der Waals surface area contributed by atoms with Crippen LogP contribution in [0.3, 0.4) is 0 Å². The monoisotopic (exact) mass is 529 g/mol. The Bertz CT molecular complexity index is 1340. The molecule has 3 aromatic carbocycles. The van der Waals surface area contributed by atoms with Gasteiger partial charge in [-0.1, -0.05) is 60.2 Å². The van der Waals surface area contributed by atoms with E-state index in [1.54, 1.807) is 24.4 Å². The summed E-state index contributed by atoms with van der Waals surface area (Å²) < 4.78 is 0. The number of nitrogens with one attached hydrogen (secondary N) is 2. The number of piperidine rings is 1. The van der Waals surface area contributed by atoms with Crippen molar-refractivity contribution in [3.63, 3.8) is 0 Å². The molecule has 5 rings (SSSR count). The van der Waals surface area contributed by atoms with Crippen LogP contribution in [0.15, 0.2) is 84.0 Å². The van der Waals surface area contributed by atoms with E-state index in [0.29, 0.717) is 29.3 Å². The van der Waals surface area contributed by atoms with Crippen LogP contribution in [0, 0.1) is 12.8 Å². The highest BCUT2D eigenvalue weighted by atomic mass is 35.5. The van der Waals surface area contributed by atoms with E-state index in [-0.39, 0.29) is 18.2 Å². The third-order valence-corrected chi connectivity index (χ3v) is 6.50. The summed E-state index contributed by atoms with van der Waals surface area (Å²) >= 11 is 0. The lowest BCUT2D eigenvalue weighted by Crippen LogP contribution is -2.35. The zero-order valence-electron chi connectivity index (χ0n) is 21.3. The van der Waals surface area contributed by atoms with Gasteiger partial charge in [0.1, 0.15) is 5.75 Å². The number of phenolic OH excluding ortho intramolecular Hbond substituents is 1. The minimum absolute atomic E-state index is 0. The molecule has 0 atom stereocenters. The van der Waals surface area contributed by atoms with E-state index in [1.807, 2.05) is 30.3 Å². The molecule has 1 aromatic heterocycles. The average Bonchev–Trinajstić information content (AvgIpc) is 2.92. The fourth-order valence-corrected chi connectivity index (χ4v) is 4.42. The fraction of sp³-hybridized carbons (Fsp3) is 0.241. The topological polar surface area (TPSA) is 98.6 Å². The van der Waals surface area contributed by atoms with Crippen LogP contribution in [0.4, 0.5) is 23.5 Å². The SMILES string of the molecule is Cc1ccc(Nc2nc(NN=Cc3ccccc3O)nc(N3CCC(Cc4ccccc4)CC3)n2)cc1.Cl. The number of rotatable bonds is 8. The molecule has 196 valence electrons. The van der Waals surface area contributed by atoms with Crippen molar-refractivity contribution in [3.05, 3.63) is 95.6 Å². The number of phenols is 1. The highest BCUT2D eigenvalue weighted by Gasteiger charge is 2.22. The summed E-state index contributed by atoms with van der Waals surface area (Å²) in [6.45, 7) is 3.81. The maximum atomic E-state index is 9.99. The van der Waals surface area contributed by atoms with Crippen LogP contribution < -0.4 is 15.6 Å². The van der Waals surface area contributed by atoms with Gasteiger partial charge in [0.25, 0.3) is 0 Å². The molecule has 1 aliphatic heterocycles. The Morgan fingerprint density at radius 1 is 0.895 bits per heavy atom. The largest absolute Gasteiger partial charge is 0.507 e. The lowest BCUT2D eigenvalue weighted by molar-refractivity contribution is 0.400. The highest BCUT2D eigenvalue weighted by Crippen LogP contribution is 2.26. The number of nitrogens with zero attached hydrogens (tertiary/aromatic N) is 5. The molecule has 1 saturated heterocycles. The number of benzene rings is 3. The molecule has 4 aromatic rings. The van der Waals surface area contributed by atoms with Crippen molar-refractivity contribution in [2.24, 2.45) is 11.0 Å². The Kier molecular flexibility index (Phi) is 9.11. The lowest BCUT2D eigenvalue weighted by Gasteiger charge is -2.32. The normalized spacial score (nSPS) is 13.8. The van der Waals surface area contributed by atoms with E-state index >= 15 is 0 Å². The van der Waals surface area contributed by atoms with Crippen LogP contribution in [0.25, 0.3) is 0 Å². The molecule has 8 nitrogen and oxygen atoms in total. The van der Waals surface area contributed by atoms with E-state index in [2.05, 4.69) is 68.0 Å². The van der Waals surface area contributed by atoms with Crippen LogP contribution >= 0.6 is 12.4 Å². The molecule has 0 bridgehead atoms. The van der Waals surface area contributed by atoms with Crippen molar-refractivity contribution in [1.82, 2.24) is 15.0 Å². The number of hydrogen-bond acceptors (Lipinski definition) is 8. The van der Waals surface area contributed by atoms with Gasteiger partial charge in [0.05, 0.1) is 6.21 Å². The van der Waals surface area contributed by atoms with Gasteiger partial charge in [-0.05, 0) is 61.9 Å². The Morgan fingerprint density at radius 2 is 1.58 bits per heavy atom. The van der Waals surface area contributed by atoms with E-state index in [9.17, 15) is 5.11 Å². The second-order valence-corrected chi connectivity index (χ2v) is 9.32. The number of aromatic hydroxyl groups is 1. The number of hydrazone groups is 1. The van der Waals surface area contributed by atoms with Crippen molar-refractivity contribution in [2.45, 2.75) is 26.2 Å². The van der Waals surface area contributed by atoms with E-state index in [4.69, 9.17) is 4.98 Å². The zero-order valence-corrected chi connectivity index (χ0v) is 22.1. The lowest BCUT2D eigenvalue weighted by atomic mass is 9.90. The van der Waals surface area contributed by atoms with E-state index in [0.717, 1.165) is 38.0 Å². The standard InChI is InChI=1S/C29H31N7O.ClH/c1-21-11-13-25(14-12-21)31-27-32-28(35-30-20-24-9-5-6-10-26(24)37)34-29(33-27)36-17-15-23(16-18-36)19-22-7-3-2-4-8-22;/h2-14,20,23,37H,15-19H2,1H3,(H2,31,32,33,34,35);1H. The molecular weight excluding hydrogens is 498 g/mol. The van der Waals surface area contributed by atoms with Gasteiger partial charge in [-0.25, -0.2) is 5.43 Å². The first-order valence-corrected chi connectivity index (χ1v) is 12.6. The number of halogens is 1. The summed E-state index contributed by atoms with van der Waals surface area (Å²) in [6, 6.07) is 25.8. The van der Waals surface area contributed by atoms with Gasteiger partial charge in [0.15, 0.2) is 0 Å². The van der Waals surface area contributed by atoms with Crippen LogP contribution in [-0.4, -0.2) is 39.4 Å². The molecular formula is C29H32ClN7O. The Balaban J connectivity index is 0.00000336. The molecule has 0 unspecified atom stereocenters. The molecule has 0 aliphatic carbocycles. The number of hydrogen-bond donors (Lipinski definition) is 3. The predicted octanol–water partition coefficient (Wildman–Crippen LogP) is 5.96. The summed E-state index contributed by atoms with van der Waals surface area (Å²) in [5.41, 5.74) is 6.97. The third kappa shape index (κ3) is 7.20. The first-order chi connectivity index (χ1) is 18.1. The van der Waals surface area contributed by atoms with Crippen molar-refractivity contribution in [3.8, 4) is 5.75 Å². The van der Waals surface area contributed by atoms with Crippen LogP contribution in [0.1, 0.15) is 29.5 Å². The second kappa shape index (κ2) is 12.9. The first kappa shape index (κ1) is 26.9. The van der Waals surface area contributed by atoms with Gasteiger partial charge in [-0.2, -0.15) is 20.1 Å². The number of para-hydroxylation sites is 1. The maximum absolute atomic E-state index is 9.99. The van der Waals surface area contributed by atoms with Gasteiger partial charge in [0.2, 0.25) is 17.8 Å². The van der Waals surface area contributed by atoms with Gasteiger partial charge >= 0.3 is 0 Å². The molecule has 0 saturated carbocycles. The quantitative estimate of drug-likeness (QED) is 0.191. The number of aromatic nitrogens is 3. The van der Waals surface area contributed by atoms with Crippen LogP contribution in [0.5, 0.6) is 5.75 Å². The summed E-state index contributed by atoms with van der Waals surface area (Å²) in [5, 5.41) is 17.5. The minimum atomic E-state index is 0. The van der Waals surface area contributed by atoms with Gasteiger partial charge in [-0.15, -0.1) is 12.4 Å². The van der Waals surface area contributed by atoms with Crippen molar-refractivity contribution in [1.29, 1.82) is 0 Å². The molecule has 0 radical (unpaired) electrons. The summed E-state index contributed by atoms with van der Waals surface area (Å²) in [4.78, 5) is 16.1. The van der Waals surface area contributed by atoms with Gasteiger partial charge in [-0.3, -0.25) is 0 Å². The average molecular weight is 530 g/mol. The molecule has 2 heterocycles. The summed E-state index contributed by atoms with van der Waals surface area (Å²) in [6.07, 6.45) is 4.80. The van der Waals surface area contributed by atoms with Crippen LogP contribution in [-0.2, 0) is 6.42 Å². The van der Waals surface area contributed by atoms with Gasteiger partial charge in [0, 0.05) is 24.3 Å². The first-order valence-electron chi connectivity index (χ1n) is 12.6. The van der Waals surface area contributed by atoms with Crippen molar-refractivity contribution in [2.75, 3.05) is 28.7 Å². The minimum Gasteiger partial charge on any atom is -0.507 e. The molecule has 0 spiro atoms. The van der Waals surface area contributed by atoms with E-state index in [1.165, 1.54) is 11.1 Å². The molecule has 1 aliphatic rings. The summed E-state index contributed by atoms with van der Waals surface area (Å²) in [7, 11) is 0. The second-order valence-electron chi connectivity index (χ2n) is 9.32. The maximum Gasteiger partial charge on any atom is 0.250 e. The number of anilines is 4. The van der Waals surface area contributed by atoms with Crippen molar-refractivity contribution < 1.29 is 5.11 Å². The summed E-state index contributed by atoms with van der Waals surface area (Å²) in [5.74, 6) is 2.19. The Labute approximate surface area is 229 Å². The molecule has 1 fully saturated rings. The molecule has 3 N–H and O–H groups in total. The predicted molar refractivity (Wildman–Crippen MR) is 156 cm³/mol. The van der Waals surface area contributed by atoms with E-state index < -0.39 is 0 Å². The Morgan fingerprint density at radius 3 is 2.32 bits per heavy atom. The van der Waals surface area contributed by atoms with Crippen molar-refractivity contribution >= 4 is 42.2 Å². The number of aryl methyl sites for hydroxylation is 1. The Hall–Kier alpha value is -4.17. The van der Waals surface area contributed by atoms with Crippen LogP contribution in [0.2, 0.25) is 0 Å². The molecule has 0 amide bonds. The highest BCUT2D eigenvalue weighted by molar-refractivity contribution is 5.85.